The number of aromatic nitrogens is 1. The van der Waals surface area contributed by atoms with Crippen molar-refractivity contribution in [1.29, 1.82) is 0 Å². The Morgan fingerprint density at radius 1 is 1.15 bits per heavy atom. The van der Waals surface area contributed by atoms with E-state index in [2.05, 4.69) is 31.5 Å². The molecule has 0 spiro atoms. The van der Waals surface area contributed by atoms with Crippen molar-refractivity contribution in [2.24, 2.45) is 0 Å². The molecule has 2 aromatic rings. The second kappa shape index (κ2) is 10.6. The van der Waals surface area contributed by atoms with Gasteiger partial charge in [-0.25, -0.2) is 4.79 Å². The van der Waals surface area contributed by atoms with E-state index in [1.165, 1.54) is 0 Å². The molecule has 0 saturated carbocycles. The van der Waals surface area contributed by atoms with Crippen LogP contribution in [0.15, 0.2) is 46.9 Å². The fourth-order valence-electron chi connectivity index (χ4n) is 2.24. The Morgan fingerprint density at radius 2 is 1.92 bits per heavy atom. The van der Waals surface area contributed by atoms with Crippen LogP contribution in [0.4, 0.5) is 10.5 Å². The van der Waals surface area contributed by atoms with E-state index < -0.39 is 0 Å². The Bertz CT molecular complexity index is 735. The summed E-state index contributed by atoms with van der Waals surface area (Å²) in [5.41, 5.74) is 2.65. The van der Waals surface area contributed by atoms with Gasteiger partial charge in [-0.05, 0) is 56.2 Å². The van der Waals surface area contributed by atoms with E-state index in [0.29, 0.717) is 12.3 Å². The van der Waals surface area contributed by atoms with Gasteiger partial charge in [0, 0.05) is 28.1 Å². The van der Waals surface area contributed by atoms with E-state index in [4.69, 9.17) is 4.74 Å². The molecule has 2 amide bonds. The normalized spacial score (nSPS) is 10.2. The number of ether oxygens (including phenoxy) is 1. The van der Waals surface area contributed by atoms with Gasteiger partial charge < -0.3 is 15.4 Å². The maximum absolute atomic E-state index is 11.7. The monoisotopic (exact) mass is 419 g/mol. The van der Waals surface area contributed by atoms with Crippen LogP contribution in [0.1, 0.15) is 24.2 Å². The lowest BCUT2D eigenvalue weighted by atomic mass is 10.2. The quantitative estimate of drug-likeness (QED) is 0.503. The first-order valence-electron chi connectivity index (χ1n) is 8.41. The first-order chi connectivity index (χ1) is 12.5. The number of nitrogens with one attached hydrogen (secondary N) is 2. The Kier molecular flexibility index (Phi) is 8.08. The predicted octanol–water partition coefficient (Wildman–Crippen LogP) is 3.84. The number of benzene rings is 1. The van der Waals surface area contributed by atoms with Crippen LogP contribution in [0.25, 0.3) is 0 Å². The number of aryl methyl sites for hydroxylation is 2. The maximum Gasteiger partial charge on any atom is 0.319 e. The summed E-state index contributed by atoms with van der Waals surface area (Å²) in [4.78, 5) is 27.8. The second-order valence-electron chi connectivity index (χ2n) is 5.73. The van der Waals surface area contributed by atoms with Crippen molar-refractivity contribution >= 4 is 33.6 Å². The number of anilines is 1. The third-order valence-electron chi connectivity index (χ3n) is 3.50. The topological polar surface area (TPSA) is 80.3 Å². The van der Waals surface area contributed by atoms with Gasteiger partial charge >= 0.3 is 12.0 Å². The second-order valence-corrected chi connectivity index (χ2v) is 6.65. The van der Waals surface area contributed by atoms with Crippen molar-refractivity contribution in [3.05, 3.63) is 58.3 Å². The van der Waals surface area contributed by atoms with E-state index in [1.54, 1.807) is 12.1 Å². The molecule has 2 rings (SSSR count). The molecule has 0 unspecified atom stereocenters. The van der Waals surface area contributed by atoms with Gasteiger partial charge in [0.25, 0.3) is 0 Å². The number of amides is 2. The molecule has 7 heteroatoms. The number of urea groups is 1. The van der Waals surface area contributed by atoms with E-state index in [9.17, 15) is 9.59 Å². The number of rotatable bonds is 8. The summed E-state index contributed by atoms with van der Waals surface area (Å²) >= 11 is 3.33. The van der Waals surface area contributed by atoms with Crippen LogP contribution in [-0.4, -0.2) is 30.1 Å². The van der Waals surface area contributed by atoms with Gasteiger partial charge in [0.15, 0.2) is 0 Å². The van der Waals surface area contributed by atoms with Gasteiger partial charge in [-0.2, -0.15) is 0 Å². The Balaban J connectivity index is 1.55. The van der Waals surface area contributed by atoms with E-state index in [1.807, 2.05) is 37.3 Å². The van der Waals surface area contributed by atoms with Crippen LogP contribution in [0.3, 0.4) is 0 Å². The molecule has 0 bridgehead atoms. The van der Waals surface area contributed by atoms with Crippen molar-refractivity contribution in [3.63, 3.8) is 0 Å². The molecule has 26 heavy (non-hydrogen) atoms. The van der Waals surface area contributed by atoms with Gasteiger partial charge in [0.2, 0.25) is 0 Å². The lowest BCUT2D eigenvalue weighted by molar-refractivity contribution is -0.143. The molecule has 1 aromatic carbocycles. The fourth-order valence-corrected chi connectivity index (χ4v) is 2.50. The lowest BCUT2D eigenvalue weighted by Gasteiger charge is -2.08. The summed E-state index contributed by atoms with van der Waals surface area (Å²) in [7, 11) is 0. The number of halogens is 1. The molecular formula is C19H22BrN3O3. The van der Waals surface area contributed by atoms with Crippen molar-refractivity contribution < 1.29 is 14.3 Å². The predicted molar refractivity (Wildman–Crippen MR) is 104 cm³/mol. The molecule has 2 N–H and O–H groups in total. The highest BCUT2D eigenvalue weighted by Crippen LogP contribution is 2.13. The number of carbonyl (C=O) groups is 2. The number of hydrogen-bond acceptors (Lipinski definition) is 4. The number of nitrogens with zero attached hydrogens (tertiary/aromatic N) is 1. The number of pyridine rings is 1. The minimum Gasteiger partial charge on any atom is -0.466 e. The van der Waals surface area contributed by atoms with Crippen molar-refractivity contribution in [2.75, 3.05) is 18.5 Å². The standard InChI is InChI=1S/C19H22BrN3O3/c1-14-4-2-5-16(22-14)6-3-13-26-18(24)11-12-21-19(25)23-17-9-7-15(20)8-10-17/h2,4-5,7-10H,3,6,11-13H2,1H3,(H2,21,23,25). The van der Waals surface area contributed by atoms with Crippen molar-refractivity contribution in [2.45, 2.75) is 26.2 Å². The van der Waals surface area contributed by atoms with Crippen LogP contribution in [0, 0.1) is 6.92 Å². The Labute approximate surface area is 161 Å². The van der Waals surface area contributed by atoms with Gasteiger partial charge in [-0.15, -0.1) is 0 Å². The molecule has 1 aromatic heterocycles. The average Bonchev–Trinajstić information content (AvgIpc) is 2.61. The summed E-state index contributed by atoms with van der Waals surface area (Å²) in [6, 6.07) is 12.7. The Morgan fingerprint density at radius 3 is 2.65 bits per heavy atom. The molecule has 0 aliphatic rings. The van der Waals surface area contributed by atoms with E-state index >= 15 is 0 Å². The molecule has 0 fully saturated rings. The minimum atomic E-state index is -0.356. The largest absolute Gasteiger partial charge is 0.466 e. The summed E-state index contributed by atoms with van der Waals surface area (Å²) in [5, 5.41) is 5.31. The smallest absolute Gasteiger partial charge is 0.319 e. The molecule has 0 radical (unpaired) electrons. The van der Waals surface area contributed by atoms with Gasteiger partial charge in [-0.1, -0.05) is 22.0 Å². The fraction of sp³-hybridized carbons (Fsp3) is 0.316. The van der Waals surface area contributed by atoms with Crippen LogP contribution >= 0.6 is 15.9 Å². The molecule has 0 saturated heterocycles. The highest BCUT2D eigenvalue weighted by atomic mass is 79.9. The van der Waals surface area contributed by atoms with Crippen LogP contribution in [0.2, 0.25) is 0 Å². The molecule has 0 atom stereocenters. The first-order valence-corrected chi connectivity index (χ1v) is 9.21. The van der Waals surface area contributed by atoms with E-state index in [-0.39, 0.29) is 25.0 Å². The van der Waals surface area contributed by atoms with Crippen LogP contribution in [-0.2, 0) is 16.0 Å². The molecular weight excluding hydrogens is 398 g/mol. The highest BCUT2D eigenvalue weighted by molar-refractivity contribution is 9.10. The molecule has 138 valence electrons. The molecule has 1 heterocycles. The van der Waals surface area contributed by atoms with Crippen molar-refractivity contribution in [3.8, 4) is 0 Å². The van der Waals surface area contributed by atoms with Gasteiger partial charge in [-0.3, -0.25) is 9.78 Å². The van der Waals surface area contributed by atoms with Gasteiger partial charge in [0.05, 0.1) is 13.0 Å². The summed E-state index contributed by atoms with van der Waals surface area (Å²) in [6.45, 7) is 2.52. The first kappa shape index (κ1) is 19.9. The molecule has 0 aliphatic heterocycles. The maximum atomic E-state index is 11.7. The van der Waals surface area contributed by atoms with Crippen molar-refractivity contribution in [1.82, 2.24) is 10.3 Å². The third kappa shape index (κ3) is 7.65. The van der Waals surface area contributed by atoms with Crippen LogP contribution < -0.4 is 10.6 Å². The van der Waals surface area contributed by atoms with E-state index in [0.717, 1.165) is 28.7 Å². The zero-order valence-corrected chi connectivity index (χ0v) is 16.2. The number of carbonyl (C=O) groups excluding carboxylic acids is 2. The molecule has 0 aliphatic carbocycles. The third-order valence-corrected chi connectivity index (χ3v) is 4.03. The average molecular weight is 420 g/mol. The van der Waals surface area contributed by atoms with Gasteiger partial charge in [0.1, 0.15) is 0 Å². The Hall–Kier alpha value is -2.41. The highest BCUT2D eigenvalue weighted by Gasteiger charge is 2.06. The number of hydrogen-bond donors (Lipinski definition) is 2. The lowest BCUT2D eigenvalue weighted by Crippen LogP contribution is -2.30. The number of esters is 1. The minimum absolute atomic E-state index is 0.135. The zero-order chi connectivity index (χ0) is 18.8. The zero-order valence-electron chi connectivity index (χ0n) is 14.6. The van der Waals surface area contributed by atoms with Crippen LogP contribution in [0.5, 0.6) is 0 Å². The summed E-state index contributed by atoms with van der Waals surface area (Å²) < 4.78 is 6.10. The summed E-state index contributed by atoms with van der Waals surface area (Å²) in [6.07, 6.45) is 1.62. The summed E-state index contributed by atoms with van der Waals surface area (Å²) in [5.74, 6) is -0.328. The SMILES string of the molecule is Cc1cccc(CCCOC(=O)CCNC(=O)Nc2ccc(Br)cc2)n1. The molecule has 6 nitrogen and oxygen atoms in total.